The highest BCUT2D eigenvalue weighted by Crippen LogP contribution is 2.22. The molecule has 2 aromatic rings. The summed E-state index contributed by atoms with van der Waals surface area (Å²) < 4.78 is 11.0. The van der Waals surface area contributed by atoms with Gasteiger partial charge in [0, 0.05) is 16.8 Å². The van der Waals surface area contributed by atoms with Gasteiger partial charge < -0.3 is 20.1 Å². The standard InChI is InChI=1S/C23H28N2O5/c1-5-29-20-12-11-17(16(4)26)13-18(20)14-30-22(27)21(15(2)3)25-23(28)24-19-9-7-6-8-10-19/h6-13,15,21H,5,14H2,1-4H3,(H2,24,25,28)/t21-/m0/s1. The molecule has 2 amide bonds. The van der Waals surface area contributed by atoms with Crippen LogP contribution in [0.1, 0.15) is 43.6 Å². The third-order valence-corrected chi connectivity index (χ3v) is 4.38. The molecule has 2 aromatic carbocycles. The van der Waals surface area contributed by atoms with Gasteiger partial charge in [0.25, 0.3) is 0 Å². The normalized spacial score (nSPS) is 11.5. The highest BCUT2D eigenvalue weighted by atomic mass is 16.5. The molecule has 0 bridgehead atoms. The minimum absolute atomic E-state index is 0.0690. The summed E-state index contributed by atoms with van der Waals surface area (Å²) in [4.78, 5) is 36.6. The van der Waals surface area contributed by atoms with Crippen LogP contribution in [0.5, 0.6) is 5.75 Å². The number of Topliss-reactive ketones (excluding diaryl/α,β-unsaturated/α-hetero) is 1. The smallest absolute Gasteiger partial charge is 0.329 e. The van der Waals surface area contributed by atoms with Crippen LogP contribution in [0.15, 0.2) is 48.5 Å². The van der Waals surface area contributed by atoms with Crippen molar-refractivity contribution in [3.63, 3.8) is 0 Å². The highest BCUT2D eigenvalue weighted by Gasteiger charge is 2.26. The zero-order valence-corrected chi connectivity index (χ0v) is 17.7. The second-order valence-corrected chi connectivity index (χ2v) is 7.11. The number of carbonyl (C=O) groups excluding carboxylic acids is 3. The highest BCUT2D eigenvalue weighted by molar-refractivity contribution is 5.94. The molecule has 0 aliphatic heterocycles. The molecule has 0 saturated heterocycles. The minimum atomic E-state index is -0.833. The fourth-order valence-corrected chi connectivity index (χ4v) is 2.77. The van der Waals surface area contributed by atoms with E-state index in [4.69, 9.17) is 9.47 Å². The number of nitrogens with one attached hydrogen (secondary N) is 2. The zero-order valence-electron chi connectivity index (χ0n) is 17.7. The first-order valence-electron chi connectivity index (χ1n) is 9.87. The van der Waals surface area contributed by atoms with Crippen LogP contribution < -0.4 is 15.4 Å². The van der Waals surface area contributed by atoms with Gasteiger partial charge in [-0.1, -0.05) is 32.0 Å². The Morgan fingerprint density at radius 2 is 1.73 bits per heavy atom. The predicted molar refractivity (Wildman–Crippen MR) is 115 cm³/mol. The average Bonchev–Trinajstić information content (AvgIpc) is 2.71. The zero-order chi connectivity index (χ0) is 22.1. The third-order valence-electron chi connectivity index (χ3n) is 4.38. The molecule has 0 heterocycles. The van der Waals surface area contributed by atoms with Gasteiger partial charge in [-0.25, -0.2) is 9.59 Å². The SMILES string of the molecule is CCOc1ccc(C(C)=O)cc1COC(=O)[C@@H](NC(=O)Nc1ccccc1)C(C)C. The van der Waals surface area contributed by atoms with Gasteiger partial charge in [0.15, 0.2) is 5.78 Å². The number of urea groups is 1. The molecule has 0 unspecified atom stereocenters. The number of rotatable bonds is 9. The van der Waals surface area contributed by atoms with Crippen LogP contribution in [0.25, 0.3) is 0 Å². The van der Waals surface area contributed by atoms with Crippen molar-refractivity contribution in [1.29, 1.82) is 0 Å². The van der Waals surface area contributed by atoms with E-state index in [9.17, 15) is 14.4 Å². The summed E-state index contributed by atoms with van der Waals surface area (Å²) in [5.41, 5.74) is 1.72. The lowest BCUT2D eigenvalue weighted by Gasteiger charge is -2.21. The molecule has 2 rings (SSSR count). The molecular formula is C23H28N2O5. The number of benzene rings is 2. The summed E-state index contributed by atoms with van der Waals surface area (Å²) in [6, 6.07) is 12.6. The number of hydrogen-bond donors (Lipinski definition) is 2. The maximum Gasteiger partial charge on any atom is 0.329 e. The van der Waals surface area contributed by atoms with E-state index >= 15 is 0 Å². The van der Waals surface area contributed by atoms with Crippen molar-refractivity contribution < 1.29 is 23.9 Å². The van der Waals surface area contributed by atoms with Gasteiger partial charge in [-0.15, -0.1) is 0 Å². The van der Waals surface area contributed by atoms with E-state index in [1.807, 2.05) is 26.8 Å². The summed E-state index contributed by atoms with van der Waals surface area (Å²) in [6.45, 7) is 7.32. The van der Waals surface area contributed by atoms with Gasteiger partial charge in [0.2, 0.25) is 0 Å². The molecule has 7 nitrogen and oxygen atoms in total. The van der Waals surface area contributed by atoms with Crippen molar-refractivity contribution in [3.8, 4) is 5.75 Å². The van der Waals surface area contributed by atoms with Crippen LogP contribution >= 0.6 is 0 Å². The van der Waals surface area contributed by atoms with Gasteiger partial charge in [0.1, 0.15) is 18.4 Å². The number of ketones is 1. The Morgan fingerprint density at radius 1 is 1.03 bits per heavy atom. The Kier molecular flexibility index (Phi) is 8.41. The van der Waals surface area contributed by atoms with E-state index < -0.39 is 18.0 Å². The molecule has 0 spiro atoms. The second kappa shape index (κ2) is 11.0. The fourth-order valence-electron chi connectivity index (χ4n) is 2.77. The summed E-state index contributed by atoms with van der Waals surface area (Å²) in [6.07, 6.45) is 0. The summed E-state index contributed by atoms with van der Waals surface area (Å²) in [5.74, 6) is -0.297. The van der Waals surface area contributed by atoms with Crippen LogP contribution in [0.3, 0.4) is 0 Å². The summed E-state index contributed by atoms with van der Waals surface area (Å²) >= 11 is 0. The molecule has 0 aliphatic rings. The minimum Gasteiger partial charge on any atom is -0.493 e. The van der Waals surface area contributed by atoms with E-state index in [1.165, 1.54) is 6.92 Å². The van der Waals surface area contributed by atoms with Gasteiger partial charge >= 0.3 is 12.0 Å². The Morgan fingerprint density at radius 3 is 2.33 bits per heavy atom. The quantitative estimate of drug-likeness (QED) is 0.476. The Balaban J connectivity index is 2.05. The molecule has 160 valence electrons. The molecule has 0 saturated carbocycles. The van der Waals surface area contributed by atoms with Crippen LogP contribution in [0.2, 0.25) is 0 Å². The number of ether oxygens (including phenoxy) is 2. The van der Waals surface area contributed by atoms with E-state index in [0.29, 0.717) is 29.2 Å². The third kappa shape index (κ3) is 6.62. The molecule has 0 aliphatic carbocycles. The van der Waals surface area contributed by atoms with Crippen LogP contribution in [-0.2, 0) is 16.1 Å². The lowest BCUT2D eigenvalue weighted by atomic mass is 10.0. The first-order valence-corrected chi connectivity index (χ1v) is 9.87. The first-order chi connectivity index (χ1) is 14.3. The van der Waals surface area contributed by atoms with Gasteiger partial charge in [0.05, 0.1) is 6.61 Å². The monoisotopic (exact) mass is 412 g/mol. The van der Waals surface area contributed by atoms with E-state index in [2.05, 4.69) is 10.6 Å². The molecule has 0 fully saturated rings. The van der Waals surface area contributed by atoms with Crippen LogP contribution in [-0.4, -0.2) is 30.4 Å². The maximum absolute atomic E-state index is 12.7. The van der Waals surface area contributed by atoms with Crippen molar-refractivity contribution in [2.75, 3.05) is 11.9 Å². The summed E-state index contributed by atoms with van der Waals surface area (Å²) in [7, 11) is 0. The number of amides is 2. The van der Waals surface area contributed by atoms with Crippen LogP contribution in [0, 0.1) is 5.92 Å². The van der Waals surface area contributed by atoms with Gasteiger partial charge in [-0.05, 0) is 50.1 Å². The van der Waals surface area contributed by atoms with Gasteiger partial charge in [-0.2, -0.15) is 0 Å². The number of carbonyl (C=O) groups is 3. The number of hydrogen-bond acceptors (Lipinski definition) is 5. The Bertz CT molecular complexity index is 880. The molecule has 0 radical (unpaired) electrons. The van der Waals surface area contributed by atoms with Crippen molar-refractivity contribution >= 4 is 23.5 Å². The molecule has 1 atom stereocenters. The lowest BCUT2D eigenvalue weighted by Crippen LogP contribution is -2.47. The molecule has 0 aromatic heterocycles. The van der Waals surface area contributed by atoms with Crippen molar-refractivity contribution in [2.45, 2.75) is 40.3 Å². The Hall–Kier alpha value is -3.35. The lowest BCUT2D eigenvalue weighted by molar-refractivity contribution is -0.148. The topological polar surface area (TPSA) is 93.7 Å². The van der Waals surface area contributed by atoms with Gasteiger partial charge in [-0.3, -0.25) is 4.79 Å². The number of anilines is 1. The fraction of sp³-hybridized carbons (Fsp3) is 0.348. The first kappa shape index (κ1) is 22.9. The molecule has 30 heavy (non-hydrogen) atoms. The molecular weight excluding hydrogens is 384 g/mol. The Labute approximate surface area is 176 Å². The van der Waals surface area contributed by atoms with Crippen LogP contribution in [0.4, 0.5) is 10.5 Å². The largest absolute Gasteiger partial charge is 0.493 e. The molecule has 7 heteroatoms. The number of para-hydroxylation sites is 1. The van der Waals surface area contributed by atoms with E-state index in [1.54, 1.807) is 42.5 Å². The van der Waals surface area contributed by atoms with Crippen molar-refractivity contribution in [1.82, 2.24) is 5.32 Å². The van der Waals surface area contributed by atoms with E-state index in [-0.39, 0.29) is 18.3 Å². The average molecular weight is 412 g/mol. The van der Waals surface area contributed by atoms with Crippen molar-refractivity contribution in [2.24, 2.45) is 5.92 Å². The number of esters is 1. The predicted octanol–water partition coefficient (Wildman–Crippen LogP) is 4.18. The second-order valence-electron chi connectivity index (χ2n) is 7.11. The van der Waals surface area contributed by atoms with E-state index in [0.717, 1.165) is 0 Å². The molecule has 2 N–H and O–H groups in total. The maximum atomic E-state index is 12.7. The van der Waals surface area contributed by atoms with Crippen molar-refractivity contribution in [3.05, 3.63) is 59.7 Å². The summed E-state index contributed by atoms with van der Waals surface area (Å²) in [5, 5.41) is 5.35.